The van der Waals surface area contributed by atoms with E-state index in [0.29, 0.717) is 0 Å². The molecule has 4 unspecified atom stereocenters. The summed E-state index contributed by atoms with van der Waals surface area (Å²) in [5, 5.41) is 25.3. The average Bonchev–Trinajstić information content (AvgIpc) is 2.65. The van der Waals surface area contributed by atoms with Gasteiger partial charge in [-0.3, -0.25) is 24.0 Å². The van der Waals surface area contributed by atoms with Gasteiger partial charge in [-0.1, -0.05) is 13.8 Å². The summed E-state index contributed by atoms with van der Waals surface area (Å²) < 4.78 is 0. The van der Waals surface area contributed by atoms with Gasteiger partial charge in [-0.25, -0.2) is 4.79 Å². The Morgan fingerprint density at radius 2 is 1.39 bits per heavy atom. The fourth-order valence-electron chi connectivity index (χ4n) is 2.38. The first-order valence-corrected chi connectivity index (χ1v) is 9.37. The Hall–Kier alpha value is -3.26. The minimum atomic E-state index is -1.49. The number of hydrogen-bond donors (Lipinski definition) is 8. The first-order chi connectivity index (χ1) is 14.3. The average molecular weight is 446 g/mol. The van der Waals surface area contributed by atoms with Crippen LogP contribution in [0.2, 0.25) is 0 Å². The molecule has 0 spiro atoms. The molecule has 14 nitrogen and oxygen atoms in total. The van der Waals surface area contributed by atoms with Crippen LogP contribution in [0, 0.1) is 5.92 Å². The number of carboxylic acid groups (broad SMARTS) is 1. The number of carbonyl (C=O) groups is 6. The molecule has 0 saturated carbocycles. The van der Waals surface area contributed by atoms with Gasteiger partial charge in [0.15, 0.2) is 0 Å². The Morgan fingerprint density at radius 1 is 0.839 bits per heavy atom. The molecule has 31 heavy (non-hydrogen) atoms. The van der Waals surface area contributed by atoms with Crippen LogP contribution >= 0.6 is 0 Å². The van der Waals surface area contributed by atoms with E-state index in [-0.39, 0.29) is 12.8 Å². The van der Waals surface area contributed by atoms with Gasteiger partial charge in [0.25, 0.3) is 0 Å². The number of carboxylic acids is 1. The number of primary amides is 2. The van der Waals surface area contributed by atoms with Crippen molar-refractivity contribution in [3.8, 4) is 0 Å². The molecule has 0 fully saturated rings. The monoisotopic (exact) mass is 446 g/mol. The second-order valence-corrected chi connectivity index (χ2v) is 7.16. The molecule has 0 aromatic heterocycles. The van der Waals surface area contributed by atoms with Crippen LogP contribution in [0.15, 0.2) is 0 Å². The van der Waals surface area contributed by atoms with Crippen LogP contribution in [0.1, 0.15) is 33.1 Å². The van der Waals surface area contributed by atoms with Crippen molar-refractivity contribution in [3.63, 3.8) is 0 Å². The zero-order valence-corrected chi connectivity index (χ0v) is 17.3. The molecule has 4 atom stereocenters. The normalized spacial score (nSPS) is 14.6. The minimum Gasteiger partial charge on any atom is -0.480 e. The third-order valence-electron chi connectivity index (χ3n) is 4.11. The lowest BCUT2D eigenvalue weighted by Crippen LogP contribution is -2.59. The fourth-order valence-corrected chi connectivity index (χ4v) is 2.38. The highest BCUT2D eigenvalue weighted by Gasteiger charge is 2.31. The lowest BCUT2D eigenvalue weighted by molar-refractivity contribution is -0.143. The van der Waals surface area contributed by atoms with E-state index in [1.807, 2.05) is 0 Å². The van der Waals surface area contributed by atoms with Gasteiger partial charge in [0.2, 0.25) is 29.5 Å². The number of nitrogens with one attached hydrogen (secondary N) is 3. The van der Waals surface area contributed by atoms with Gasteiger partial charge < -0.3 is 43.4 Å². The number of hydrogen-bond acceptors (Lipinski definition) is 8. The molecule has 176 valence electrons. The molecule has 14 heteroatoms. The third kappa shape index (κ3) is 10.4. The van der Waals surface area contributed by atoms with Crippen molar-refractivity contribution < 1.29 is 39.0 Å². The molecule has 11 N–H and O–H groups in total. The fraction of sp³-hybridized carbons (Fsp3) is 0.647. The van der Waals surface area contributed by atoms with Gasteiger partial charge >= 0.3 is 5.97 Å². The third-order valence-corrected chi connectivity index (χ3v) is 4.11. The number of rotatable bonds is 14. The summed E-state index contributed by atoms with van der Waals surface area (Å²) in [5.74, 6) is -6.21. The Kier molecular flexibility index (Phi) is 11.7. The van der Waals surface area contributed by atoms with Gasteiger partial charge in [-0.2, -0.15) is 0 Å². The van der Waals surface area contributed by atoms with E-state index < -0.39 is 78.6 Å². The van der Waals surface area contributed by atoms with Crippen LogP contribution in [0.25, 0.3) is 0 Å². The zero-order valence-electron chi connectivity index (χ0n) is 17.3. The van der Waals surface area contributed by atoms with E-state index in [9.17, 15) is 39.0 Å². The van der Waals surface area contributed by atoms with Crippen molar-refractivity contribution in [1.82, 2.24) is 16.0 Å². The number of carbonyl (C=O) groups excluding carboxylic acids is 5. The second-order valence-electron chi connectivity index (χ2n) is 7.16. The van der Waals surface area contributed by atoms with Crippen molar-refractivity contribution in [2.75, 3.05) is 6.61 Å². The largest absolute Gasteiger partial charge is 0.480 e. The highest BCUT2D eigenvalue weighted by molar-refractivity contribution is 5.95. The molecule has 0 aliphatic carbocycles. The van der Waals surface area contributed by atoms with Gasteiger partial charge in [-0.05, 0) is 12.3 Å². The van der Waals surface area contributed by atoms with Crippen LogP contribution in [0.3, 0.4) is 0 Å². The predicted molar refractivity (Wildman–Crippen MR) is 106 cm³/mol. The van der Waals surface area contributed by atoms with Gasteiger partial charge in [0, 0.05) is 6.42 Å². The summed E-state index contributed by atoms with van der Waals surface area (Å²) in [7, 11) is 0. The van der Waals surface area contributed by atoms with Crippen molar-refractivity contribution in [2.24, 2.45) is 23.1 Å². The van der Waals surface area contributed by atoms with E-state index in [2.05, 4.69) is 16.0 Å². The van der Waals surface area contributed by atoms with E-state index >= 15 is 0 Å². The Bertz CT molecular complexity index is 698. The van der Waals surface area contributed by atoms with Crippen molar-refractivity contribution >= 4 is 35.5 Å². The van der Waals surface area contributed by atoms with Crippen molar-refractivity contribution in [3.05, 3.63) is 0 Å². The molecular formula is C17H30N6O8. The molecule has 5 amide bonds. The number of aliphatic carboxylic acids is 1. The second kappa shape index (κ2) is 13.1. The van der Waals surface area contributed by atoms with Gasteiger partial charge in [0.1, 0.15) is 18.1 Å². The maximum absolute atomic E-state index is 12.5. The molecule has 0 aliphatic heterocycles. The quantitative estimate of drug-likeness (QED) is 0.128. The highest BCUT2D eigenvalue weighted by Crippen LogP contribution is 2.05. The molecule has 0 radical (unpaired) electrons. The SMILES string of the molecule is CC(C)C(NC(=O)C(CO)NC(=O)C(N)CC(N)=O)C(=O)NC(CCC(N)=O)C(=O)O. The van der Waals surface area contributed by atoms with Crippen LogP contribution in [0.5, 0.6) is 0 Å². The first kappa shape index (κ1) is 27.7. The molecule has 0 bridgehead atoms. The highest BCUT2D eigenvalue weighted by atomic mass is 16.4. The first-order valence-electron chi connectivity index (χ1n) is 9.37. The standard InChI is InChI=1S/C17H30N6O8/c1-7(2)13(16(29)21-9(17(30)31)3-4-11(19)25)23-15(28)10(6-24)22-14(27)8(18)5-12(20)26/h7-10,13,24H,3-6,18H2,1-2H3,(H2,19,25)(H2,20,26)(H,21,29)(H,22,27)(H,23,28)(H,30,31). The van der Waals surface area contributed by atoms with Crippen molar-refractivity contribution in [1.29, 1.82) is 0 Å². The molecule has 0 aliphatic rings. The molecule has 0 aromatic carbocycles. The molecule has 0 heterocycles. The summed E-state index contributed by atoms with van der Waals surface area (Å²) >= 11 is 0. The summed E-state index contributed by atoms with van der Waals surface area (Å²) in [6, 6.07) is -5.48. The minimum absolute atomic E-state index is 0.248. The summed E-state index contributed by atoms with van der Waals surface area (Å²) in [5.41, 5.74) is 15.4. The van der Waals surface area contributed by atoms with E-state index in [4.69, 9.17) is 17.2 Å². The van der Waals surface area contributed by atoms with Gasteiger partial charge in [0.05, 0.1) is 19.1 Å². The smallest absolute Gasteiger partial charge is 0.326 e. The van der Waals surface area contributed by atoms with Crippen LogP contribution < -0.4 is 33.2 Å². The number of aliphatic hydroxyl groups is 1. The zero-order chi connectivity index (χ0) is 24.3. The van der Waals surface area contributed by atoms with Crippen molar-refractivity contribution in [2.45, 2.75) is 57.3 Å². The Balaban J connectivity index is 5.19. The molecule has 0 saturated heterocycles. The summed E-state index contributed by atoms with van der Waals surface area (Å²) in [6.07, 6.45) is -1.01. The van der Waals surface area contributed by atoms with Crippen LogP contribution in [-0.2, 0) is 28.8 Å². The number of aliphatic hydroxyl groups excluding tert-OH is 1. The summed E-state index contributed by atoms with van der Waals surface area (Å²) in [4.78, 5) is 69.9. The molecule has 0 rings (SSSR count). The van der Waals surface area contributed by atoms with E-state index in [1.54, 1.807) is 13.8 Å². The number of nitrogens with two attached hydrogens (primary N) is 3. The lowest BCUT2D eigenvalue weighted by Gasteiger charge is -2.26. The molecule has 0 aromatic rings. The Morgan fingerprint density at radius 3 is 1.81 bits per heavy atom. The topological polar surface area (TPSA) is 257 Å². The predicted octanol–water partition coefficient (Wildman–Crippen LogP) is -4.36. The van der Waals surface area contributed by atoms with Crippen LogP contribution in [-0.4, -0.2) is 76.5 Å². The molecular weight excluding hydrogens is 416 g/mol. The maximum atomic E-state index is 12.5. The summed E-state index contributed by atoms with van der Waals surface area (Å²) in [6.45, 7) is 2.29. The van der Waals surface area contributed by atoms with Gasteiger partial charge in [-0.15, -0.1) is 0 Å². The Labute approximate surface area is 178 Å². The number of amides is 5. The van der Waals surface area contributed by atoms with E-state index in [0.717, 1.165) is 0 Å². The van der Waals surface area contributed by atoms with E-state index in [1.165, 1.54) is 0 Å². The van der Waals surface area contributed by atoms with Crippen LogP contribution in [0.4, 0.5) is 0 Å². The maximum Gasteiger partial charge on any atom is 0.326 e. The lowest BCUT2D eigenvalue weighted by atomic mass is 10.0.